The highest BCUT2D eigenvalue weighted by Gasteiger charge is 2.35. The van der Waals surface area contributed by atoms with Crippen LogP contribution in [-0.4, -0.2) is 32.0 Å². The first-order chi connectivity index (χ1) is 16.1. The first-order valence-corrected chi connectivity index (χ1v) is 10.5. The van der Waals surface area contributed by atoms with E-state index in [1.165, 1.54) is 0 Å². The van der Waals surface area contributed by atoms with Gasteiger partial charge in [0.05, 0.1) is 12.0 Å². The number of tetrazole rings is 1. The fourth-order valence-electron chi connectivity index (χ4n) is 4.10. The minimum Gasteiger partial charge on any atom is -0.326 e. The van der Waals surface area contributed by atoms with E-state index in [9.17, 15) is 9.59 Å². The smallest absolute Gasteiger partial charge is 0.269 e. The van der Waals surface area contributed by atoms with Gasteiger partial charge in [-0.1, -0.05) is 77.9 Å². The van der Waals surface area contributed by atoms with Gasteiger partial charge in [0, 0.05) is 5.70 Å². The van der Waals surface area contributed by atoms with Crippen LogP contribution in [0.3, 0.4) is 0 Å². The van der Waals surface area contributed by atoms with Crippen molar-refractivity contribution >= 4 is 28.5 Å². The van der Waals surface area contributed by atoms with Crippen LogP contribution in [0.1, 0.15) is 24.1 Å². The molecule has 0 fully saturated rings. The van der Waals surface area contributed by atoms with Gasteiger partial charge in [0.25, 0.3) is 5.91 Å². The predicted molar refractivity (Wildman–Crippen MR) is 123 cm³/mol. The number of nitrogens with zero attached hydrogens (tertiary/aromatic N) is 4. The van der Waals surface area contributed by atoms with E-state index in [1.54, 1.807) is 11.6 Å². The zero-order chi connectivity index (χ0) is 22.8. The number of amides is 2. The average molecular weight is 439 g/mol. The van der Waals surface area contributed by atoms with Gasteiger partial charge in [-0.15, -0.1) is 0 Å². The summed E-state index contributed by atoms with van der Waals surface area (Å²) in [7, 11) is 0. The molecule has 9 heteroatoms. The predicted octanol–water partition coefficient (Wildman–Crippen LogP) is 2.51. The molecule has 164 valence electrons. The number of benzene rings is 3. The summed E-state index contributed by atoms with van der Waals surface area (Å²) in [5, 5.41) is 17.0. The Kier molecular flexibility index (Phi) is 5.27. The molecule has 1 atom stereocenters. The van der Waals surface area contributed by atoms with Crippen molar-refractivity contribution < 1.29 is 9.59 Å². The minimum atomic E-state index is -0.576. The summed E-state index contributed by atoms with van der Waals surface area (Å²) >= 11 is 0. The molecular weight excluding hydrogens is 418 g/mol. The van der Waals surface area contributed by atoms with Crippen molar-refractivity contribution in [2.45, 2.75) is 19.4 Å². The number of rotatable bonds is 4. The number of nitrogens with one attached hydrogen (secondary N) is 3. The number of aromatic nitrogens is 4. The van der Waals surface area contributed by atoms with Gasteiger partial charge in [-0.25, -0.2) is 0 Å². The Bertz CT molecular complexity index is 1370. The summed E-state index contributed by atoms with van der Waals surface area (Å²) in [6.07, 6.45) is 0.154. The van der Waals surface area contributed by atoms with Gasteiger partial charge < -0.3 is 5.32 Å². The molecule has 0 saturated carbocycles. The fraction of sp³-hybridized carbons (Fsp3) is 0.125. The van der Waals surface area contributed by atoms with E-state index in [4.69, 9.17) is 0 Å². The Morgan fingerprint density at radius 3 is 2.58 bits per heavy atom. The van der Waals surface area contributed by atoms with Crippen molar-refractivity contribution in [2.24, 2.45) is 0 Å². The van der Waals surface area contributed by atoms with Crippen molar-refractivity contribution in [1.29, 1.82) is 0 Å². The van der Waals surface area contributed by atoms with Crippen molar-refractivity contribution in [3.8, 4) is 0 Å². The van der Waals surface area contributed by atoms with Crippen LogP contribution in [0.25, 0.3) is 10.8 Å². The van der Waals surface area contributed by atoms with E-state index in [2.05, 4.69) is 31.7 Å². The maximum atomic E-state index is 13.3. The van der Waals surface area contributed by atoms with Gasteiger partial charge in [-0.2, -0.15) is 4.68 Å². The minimum absolute atomic E-state index is 0.154. The molecule has 0 bridgehead atoms. The topological polar surface area (TPSA) is 114 Å². The molecule has 1 aromatic heterocycles. The SMILES string of the molecule is CC1=C(C(=O)NNC(=O)Cc2ccccc2)C(c2cccc3ccccc23)n2nnnc2N1. The number of carbonyl (C=O) groups is 2. The number of hydrogen-bond acceptors (Lipinski definition) is 6. The van der Waals surface area contributed by atoms with Crippen LogP contribution in [0, 0.1) is 0 Å². The monoisotopic (exact) mass is 439 g/mol. The Balaban J connectivity index is 1.46. The Morgan fingerprint density at radius 1 is 0.970 bits per heavy atom. The molecule has 2 heterocycles. The van der Waals surface area contributed by atoms with E-state index in [-0.39, 0.29) is 12.3 Å². The molecule has 4 aromatic rings. The normalized spacial score (nSPS) is 15.0. The lowest BCUT2D eigenvalue weighted by Gasteiger charge is -2.28. The molecule has 33 heavy (non-hydrogen) atoms. The molecule has 1 aliphatic rings. The molecule has 1 unspecified atom stereocenters. The van der Waals surface area contributed by atoms with Crippen LogP contribution < -0.4 is 16.2 Å². The van der Waals surface area contributed by atoms with E-state index < -0.39 is 11.9 Å². The number of hydrazine groups is 1. The summed E-state index contributed by atoms with van der Waals surface area (Å²) in [4.78, 5) is 25.7. The first kappa shape index (κ1) is 20.4. The second-order valence-electron chi connectivity index (χ2n) is 7.75. The molecule has 2 amide bonds. The van der Waals surface area contributed by atoms with Gasteiger partial charge in [0.2, 0.25) is 11.9 Å². The lowest BCUT2D eigenvalue weighted by atomic mass is 9.91. The van der Waals surface area contributed by atoms with Crippen molar-refractivity contribution in [3.05, 3.63) is 95.2 Å². The highest BCUT2D eigenvalue weighted by atomic mass is 16.2. The van der Waals surface area contributed by atoms with E-state index >= 15 is 0 Å². The Hall–Kier alpha value is -4.53. The Morgan fingerprint density at radius 2 is 1.73 bits per heavy atom. The van der Waals surface area contributed by atoms with Gasteiger partial charge >= 0.3 is 0 Å². The number of fused-ring (bicyclic) bond motifs is 2. The molecular formula is C24H21N7O2. The van der Waals surface area contributed by atoms with Crippen LogP contribution in [-0.2, 0) is 16.0 Å². The van der Waals surface area contributed by atoms with Gasteiger partial charge in [0.1, 0.15) is 6.04 Å². The third-order valence-electron chi connectivity index (χ3n) is 5.60. The molecule has 3 aromatic carbocycles. The molecule has 0 spiro atoms. The summed E-state index contributed by atoms with van der Waals surface area (Å²) < 4.78 is 1.58. The number of carbonyl (C=O) groups excluding carboxylic acids is 2. The molecule has 5 rings (SSSR count). The van der Waals surface area contributed by atoms with Crippen LogP contribution in [0.15, 0.2) is 84.1 Å². The van der Waals surface area contributed by atoms with Crippen molar-refractivity contribution in [2.75, 3.05) is 5.32 Å². The zero-order valence-corrected chi connectivity index (χ0v) is 17.8. The van der Waals surface area contributed by atoms with E-state index in [1.807, 2.05) is 72.8 Å². The molecule has 3 N–H and O–H groups in total. The summed E-state index contributed by atoms with van der Waals surface area (Å²) in [6.45, 7) is 1.79. The number of anilines is 1. The van der Waals surface area contributed by atoms with Crippen molar-refractivity contribution in [3.63, 3.8) is 0 Å². The molecule has 0 saturated heterocycles. The van der Waals surface area contributed by atoms with Crippen LogP contribution in [0.4, 0.5) is 5.95 Å². The fourth-order valence-corrected chi connectivity index (χ4v) is 4.10. The summed E-state index contributed by atoms with van der Waals surface area (Å²) in [5.41, 5.74) is 7.81. The van der Waals surface area contributed by atoms with Crippen molar-refractivity contribution in [1.82, 2.24) is 31.1 Å². The number of allylic oxidation sites excluding steroid dienone is 1. The maximum Gasteiger partial charge on any atom is 0.269 e. The van der Waals surface area contributed by atoms with E-state index in [0.29, 0.717) is 17.2 Å². The average Bonchev–Trinajstić information content (AvgIpc) is 3.30. The molecule has 9 nitrogen and oxygen atoms in total. The standard InChI is InChI=1S/C24H21N7O2/c1-15-21(23(33)27-26-20(32)14-16-8-3-2-4-9-16)22(31-24(25-15)28-29-30-31)19-13-7-11-17-10-5-6-12-18(17)19/h2-13,22H,14H2,1H3,(H,26,32)(H,27,33)(H,25,28,30). The molecule has 0 aliphatic carbocycles. The van der Waals surface area contributed by atoms with Crippen LogP contribution in [0.2, 0.25) is 0 Å². The lowest BCUT2D eigenvalue weighted by Crippen LogP contribution is -2.45. The second kappa shape index (κ2) is 8.54. The van der Waals surface area contributed by atoms with Crippen LogP contribution >= 0.6 is 0 Å². The van der Waals surface area contributed by atoms with Gasteiger partial charge in [-0.05, 0) is 39.2 Å². The highest BCUT2D eigenvalue weighted by molar-refractivity contribution is 5.99. The lowest BCUT2D eigenvalue weighted by molar-refractivity contribution is -0.126. The third-order valence-corrected chi connectivity index (χ3v) is 5.60. The largest absolute Gasteiger partial charge is 0.326 e. The molecule has 0 radical (unpaired) electrons. The number of hydrogen-bond donors (Lipinski definition) is 3. The summed E-state index contributed by atoms with van der Waals surface area (Å²) in [6, 6.07) is 22.6. The van der Waals surface area contributed by atoms with Gasteiger partial charge in [-0.3, -0.25) is 20.4 Å². The second-order valence-corrected chi connectivity index (χ2v) is 7.75. The third kappa shape index (κ3) is 3.91. The maximum absolute atomic E-state index is 13.3. The van der Waals surface area contributed by atoms with E-state index in [0.717, 1.165) is 21.9 Å². The first-order valence-electron chi connectivity index (χ1n) is 10.5. The van der Waals surface area contributed by atoms with Crippen LogP contribution in [0.5, 0.6) is 0 Å². The zero-order valence-electron chi connectivity index (χ0n) is 17.8. The molecule has 1 aliphatic heterocycles. The quantitative estimate of drug-likeness (QED) is 0.421. The summed E-state index contributed by atoms with van der Waals surface area (Å²) in [5.74, 6) is -0.322. The van der Waals surface area contributed by atoms with Gasteiger partial charge in [0.15, 0.2) is 0 Å². The Labute approximate surface area is 189 Å². The highest BCUT2D eigenvalue weighted by Crippen LogP contribution is 2.37.